The van der Waals surface area contributed by atoms with Gasteiger partial charge in [0.05, 0.1) is 6.10 Å². The number of unbranched alkanes of at least 4 members (excludes halogenated alkanes) is 5. The number of benzene rings is 2. The average molecular weight is 383 g/mol. The third kappa shape index (κ3) is 8.82. The first-order chi connectivity index (χ1) is 13.7. The lowest BCUT2D eigenvalue weighted by atomic mass is 10.1. The van der Waals surface area contributed by atoms with Gasteiger partial charge < -0.3 is 9.47 Å². The summed E-state index contributed by atoms with van der Waals surface area (Å²) in [7, 11) is 0. The minimum Gasteiger partial charge on any atom is -0.491 e. The average Bonchev–Trinajstić information content (AvgIpc) is 2.72. The van der Waals surface area contributed by atoms with Crippen LogP contribution in [0.5, 0.6) is 11.5 Å². The fourth-order valence-corrected chi connectivity index (χ4v) is 3.31. The van der Waals surface area contributed by atoms with Gasteiger partial charge in [-0.05, 0) is 68.0 Å². The first-order valence-electron chi connectivity index (χ1n) is 11.2. The number of hydrogen-bond acceptors (Lipinski definition) is 2. The summed E-state index contributed by atoms with van der Waals surface area (Å²) in [6, 6.07) is 16.8. The highest BCUT2D eigenvalue weighted by atomic mass is 16.5. The summed E-state index contributed by atoms with van der Waals surface area (Å²) in [4.78, 5) is 0. The monoisotopic (exact) mass is 382 g/mol. The zero-order valence-electron chi connectivity index (χ0n) is 18.1. The van der Waals surface area contributed by atoms with Crippen LogP contribution in [0.3, 0.4) is 0 Å². The van der Waals surface area contributed by atoms with Gasteiger partial charge in [-0.1, -0.05) is 70.2 Å². The van der Waals surface area contributed by atoms with Crippen molar-refractivity contribution in [1.29, 1.82) is 0 Å². The van der Waals surface area contributed by atoms with Crippen LogP contribution in [0.2, 0.25) is 0 Å². The van der Waals surface area contributed by atoms with Gasteiger partial charge in [0.1, 0.15) is 18.1 Å². The second-order valence-electron chi connectivity index (χ2n) is 7.81. The lowest BCUT2D eigenvalue weighted by molar-refractivity contribution is 0.206. The molecule has 0 fully saturated rings. The summed E-state index contributed by atoms with van der Waals surface area (Å²) >= 11 is 0. The van der Waals surface area contributed by atoms with Crippen molar-refractivity contribution in [3.63, 3.8) is 0 Å². The van der Waals surface area contributed by atoms with Gasteiger partial charge >= 0.3 is 0 Å². The van der Waals surface area contributed by atoms with E-state index < -0.39 is 0 Å². The third-order valence-electron chi connectivity index (χ3n) is 5.12. The molecule has 2 aromatic rings. The predicted molar refractivity (Wildman–Crippen MR) is 119 cm³/mol. The topological polar surface area (TPSA) is 18.5 Å². The summed E-state index contributed by atoms with van der Waals surface area (Å²) in [5.41, 5.74) is 2.56. The van der Waals surface area contributed by atoms with Crippen LogP contribution in [-0.4, -0.2) is 6.10 Å². The Balaban J connectivity index is 1.71. The van der Waals surface area contributed by atoms with Crippen LogP contribution >= 0.6 is 0 Å². The molecule has 1 unspecified atom stereocenters. The number of hydrogen-bond donors (Lipinski definition) is 0. The van der Waals surface area contributed by atoms with Gasteiger partial charge in [-0.2, -0.15) is 0 Å². The molecule has 0 saturated heterocycles. The molecule has 154 valence electrons. The molecule has 2 rings (SSSR count). The van der Waals surface area contributed by atoms with E-state index in [9.17, 15) is 0 Å². The van der Waals surface area contributed by atoms with E-state index in [0.717, 1.165) is 29.9 Å². The van der Waals surface area contributed by atoms with E-state index in [-0.39, 0.29) is 6.10 Å². The van der Waals surface area contributed by atoms with Gasteiger partial charge in [0.15, 0.2) is 0 Å². The zero-order chi connectivity index (χ0) is 20.0. The van der Waals surface area contributed by atoms with Crippen molar-refractivity contribution >= 4 is 0 Å². The number of aryl methyl sites for hydroxylation is 1. The van der Waals surface area contributed by atoms with E-state index in [2.05, 4.69) is 69.3 Å². The molecule has 0 spiro atoms. The van der Waals surface area contributed by atoms with Gasteiger partial charge in [-0.25, -0.2) is 0 Å². The second kappa shape index (κ2) is 13.3. The van der Waals surface area contributed by atoms with Gasteiger partial charge in [-0.15, -0.1) is 0 Å². The maximum absolute atomic E-state index is 6.02. The fourth-order valence-electron chi connectivity index (χ4n) is 3.31. The van der Waals surface area contributed by atoms with E-state index in [1.54, 1.807) is 0 Å². The second-order valence-corrected chi connectivity index (χ2v) is 7.81. The van der Waals surface area contributed by atoms with Crippen molar-refractivity contribution in [1.82, 2.24) is 0 Å². The molecular weight excluding hydrogens is 344 g/mol. The Morgan fingerprint density at radius 2 is 1.29 bits per heavy atom. The largest absolute Gasteiger partial charge is 0.491 e. The first-order valence-corrected chi connectivity index (χ1v) is 11.2. The summed E-state index contributed by atoms with van der Waals surface area (Å²) in [6.45, 7) is 7.23. The quantitative estimate of drug-likeness (QED) is 0.311. The maximum atomic E-state index is 6.02. The molecule has 0 amide bonds. The van der Waals surface area contributed by atoms with Gasteiger partial charge in [0, 0.05) is 0 Å². The molecular formula is C26H38O2. The smallest absolute Gasteiger partial charge is 0.119 e. The molecule has 28 heavy (non-hydrogen) atoms. The van der Waals surface area contributed by atoms with Gasteiger partial charge in [0.25, 0.3) is 0 Å². The Morgan fingerprint density at radius 3 is 1.96 bits per heavy atom. The summed E-state index contributed by atoms with van der Waals surface area (Å²) in [5.74, 6) is 1.88. The molecule has 1 atom stereocenters. The van der Waals surface area contributed by atoms with Crippen molar-refractivity contribution in [2.75, 3.05) is 0 Å². The molecule has 0 aliphatic heterocycles. The molecule has 0 N–H and O–H groups in total. The summed E-state index contributed by atoms with van der Waals surface area (Å²) in [6.07, 6.45) is 11.5. The highest BCUT2D eigenvalue weighted by Crippen LogP contribution is 2.19. The first kappa shape index (κ1) is 22.3. The SMILES string of the molecule is CCCCCCC(C)Oc1ccc(COc2ccc(CCCCC)cc2)cc1. The molecule has 0 aliphatic rings. The molecule has 0 aliphatic carbocycles. The van der Waals surface area contributed by atoms with Crippen molar-refractivity contribution in [3.05, 3.63) is 59.7 Å². The molecule has 2 aromatic carbocycles. The Bertz CT molecular complexity index is 630. The van der Waals surface area contributed by atoms with E-state index in [0.29, 0.717) is 6.61 Å². The molecule has 2 heteroatoms. The minimum atomic E-state index is 0.273. The van der Waals surface area contributed by atoms with Crippen molar-refractivity contribution in [3.8, 4) is 11.5 Å². The highest BCUT2D eigenvalue weighted by Gasteiger charge is 2.04. The lowest BCUT2D eigenvalue weighted by Gasteiger charge is -2.15. The summed E-state index contributed by atoms with van der Waals surface area (Å²) < 4.78 is 12.0. The minimum absolute atomic E-state index is 0.273. The van der Waals surface area contributed by atoms with Crippen LogP contribution < -0.4 is 9.47 Å². The maximum Gasteiger partial charge on any atom is 0.119 e. The Kier molecular flexibility index (Phi) is 10.6. The summed E-state index contributed by atoms with van der Waals surface area (Å²) in [5, 5.41) is 0. The predicted octanol–water partition coefficient (Wildman–Crippen LogP) is 7.74. The van der Waals surface area contributed by atoms with Crippen molar-refractivity contribution in [2.24, 2.45) is 0 Å². The highest BCUT2D eigenvalue weighted by molar-refractivity contribution is 5.29. The molecule has 0 aromatic heterocycles. The normalized spacial score (nSPS) is 12.0. The molecule has 0 saturated carbocycles. The van der Waals surface area contributed by atoms with Crippen LogP contribution in [-0.2, 0) is 13.0 Å². The van der Waals surface area contributed by atoms with Gasteiger partial charge in [-0.3, -0.25) is 0 Å². The molecule has 0 radical (unpaired) electrons. The zero-order valence-corrected chi connectivity index (χ0v) is 18.1. The number of ether oxygens (including phenoxy) is 2. The Hall–Kier alpha value is -1.96. The number of rotatable bonds is 14. The van der Waals surface area contributed by atoms with E-state index >= 15 is 0 Å². The van der Waals surface area contributed by atoms with E-state index in [1.165, 1.54) is 50.5 Å². The van der Waals surface area contributed by atoms with Crippen molar-refractivity contribution in [2.45, 2.75) is 91.3 Å². The van der Waals surface area contributed by atoms with Crippen molar-refractivity contribution < 1.29 is 9.47 Å². The fraction of sp³-hybridized carbons (Fsp3) is 0.538. The molecule has 0 heterocycles. The van der Waals surface area contributed by atoms with Crippen LogP contribution in [0.4, 0.5) is 0 Å². The van der Waals surface area contributed by atoms with E-state index in [4.69, 9.17) is 9.47 Å². The Morgan fingerprint density at radius 1 is 0.679 bits per heavy atom. The van der Waals surface area contributed by atoms with Crippen LogP contribution in [0.1, 0.15) is 83.3 Å². The van der Waals surface area contributed by atoms with Crippen LogP contribution in [0.15, 0.2) is 48.5 Å². The third-order valence-corrected chi connectivity index (χ3v) is 5.12. The van der Waals surface area contributed by atoms with Gasteiger partial charge in [0.2, 0.25) is 0 Å². The standard InChI is InChI=1S/C26H38O2/c1-4-6-8-10-11-22(3)28-26-19-15-24(16-20-26)21-27-25-17-13-23(14-18-25)12-9-7-5-2/h13-20,22H,4-12,21H2,1-3H3. The Labute approximate surface area is 172 Å². The van der Waals surface area contributed by atoms with E-state index in [1.807, 2.05) is 0 Å². The van der Waals surface area contributed by atoms with Crippen LogP contribution in [0.25, 0.3) is 0 Å². The van der Waals surface area contributed by atoms with Crippen LogP contribution in [0, 0.1) is 0 Å². The molecule has 0 bridgehead atoms. The molecule has 2 nitrogen and oxygen atoms in total. The lowest BCUT2D eigenvalue weighted by Crippen LogP contribution is -2.11.